The fraction of sp³-hybridized carbons (Fsp3) is 0.929. The molecule has 2 aliphatic rings. The summed E-state index contributed by atoms with van der Waals surface area (Å²) >= 11 is 0. The van der Waals surface area contributed by atoms with E-state index in [1.807, 2.05) is 11.9 Å². The van der Waals surface area contributed by atoms with Crippen LogP contribution in [-0.4, -0.2) is 47.4 Å². The van der Waals surface area contributed by atoms with Gasteiger partial charge in [0.2, 0.25) is 5.91 Å². The van der Waals surface area contributed by atoms with Crippen LogP contribution in [0, 0.1) is 0 Å². The van der Waals surface area contributed by atoms with E-state index in [2.05, 4.69) is 18.7 Å². The van der Waals surface area contributed by atoms with Crippen LogP contribution in [0.25, 0.3) is 0 Å². The van der Waals surface area contributed by atoms with E-state index in [4.69, 9.17) is 0 Å². The number of likely N-dealkylation sites (tertiary alicyclic amines) is 2. The Morgan fingerprint density at radius 1 is 1.41 bits per heavy atom. The molecule has 0 aromatic heterocycles. The molecule has 2 heterocycles. The normalized spacial score (nSPS) is 35.6. The minimum absolute atomic E-state index is 0.0761. The first-order chi connectivity index (χ1) is 8.09. The summed E-state index contributed by atoms with van der Waals surface area (Å²) in [4.78, 5) is 16.7. The molecule has 2 aliphatic heterocycles. The van der Waals surface area contributed by atoms with Crippen molar-refractivity contribution >= 4 is 5.91 Å². The molecule has 0 bridgehead atoms. The topological polar surface area (TPSA) is 23.6 Å². The van der Waals surface area contributed by atoms with Crippen molar-refractivity contribution in [3.05, 3.63) is 0 Å². The molecule has 98 valence electrons. The summed E-state index contributed by atoms with van der Waals surface area (Å²) in [5.74, 6) is 0.343. The van der Waals surface area contributed by atoms with Crippen molar-refractivity contribution in [1.82, 2.24) is 9.80 Å². The molecule has 0 aliphatic carbocycles. The van der Waals surface area contributed by atoms with Gasteiger partial charge in [-0.3, -0.25) is 9.69 Å². The van der Waals surface area contributed by atoms with Crippen LogP contribution in [0.3, 0.4) is 0 Å². The SMILES string of the molecule is CCCN1CC[C@]2(C)[C@H]1CCCCC(=O)N2C. The molecular weight excluding hydrogens is 212 g/mol. The molecule has 1 amide bonds. The zero-order valence-electron chi connectivity index (χ0n) is 11.5. The van der Waals surface area contributed by atoms with E-state index in [9.17, 15) is 4.79 Å². The maximum atomic E-state index is 12.1. The maximum Gasteiger partial charge on any atom is 0.222 e. The molecule has 0 unspecified atom stereocenters. The van der Waals surface area contributed by atoms with Gasteiger partial charge in [-0.15, -0.1) is 0 Å². The Hall–Kier alpha value is -0.570. The van der Waals surface area contributed by atoms with E-state index in [0.717, 1.165) is 25.8 Å². The van der Waals surface area contributed by atoms with Gasteiger partial charge in [-0.25, -0.2) is 0 Å². The highest BCUT2D eigenvalue weighted by atomic mass is 16.2. The number of hydrogen-bond donors (Lipinski definition) is 0. The van der Waals surface area contributed by atoms with Crippen molar-refractivity contribution in [3.8, 4) is 0 Å². The Bertz CT molecular complexity index is 292. The highest BCUT2D eigenvalue weighted by Gasteiger charge is 2.47. The second-order valence-electron chi connectivity index (χ2n) is 5.86. The minimum Gasteiger partial charge on any atom is -0.339 e. The van der Waals surface area contributed by atoms with E-state index >= 15 is 0 Å². The lowest BCUT2D eigenvalue weighted by molar-refractivity contribution is -0.137. The number of nitrogens with zero attached hydrogens (tertiary/aromatic N) is 2. The zero-order valence-corrected chi connectivity index (χ0v) is 11.5. The number of likely N-dealkylation sites (N-methyl/N-ethyl adjacent to an activating group) is 1. The quantitative estimate of drug-likeness (QED) is 0.737. The lowest BCUT2D eigenvalue weighted by Gasteiger charge is -2.44. The van der Waals surface area contributed by atoms with Crippen molar-refractivity contribution in [2.75, 3.05) is 20.1 Å². The molecule has 2 saturated heterocycles. The highest BCUT2D eigenvalue weighted by Crippen LogP contribution is 2.38. The fourth-order valence-electron chi connectivity index (χ4n) is 3.59. The number of amides is 1. The van der Waals surface area contributed by atoms with Crippen LogP contribution in [0.1, 0.15) is 52.4 Å². The van der Waals surface area contributed by atoms with Crippen LogP contribution in [0.15, 0.2) is 0 Å². The predicted molar refractivity (Wildman–Crippen MR) is 69.9 cm³/mol. The highest BCUT2D eigenvalue weighted by molar-refractivity contribution is 5.77. The van der Waals surface area contributed by atoms with Crippen molar-refractivity contribution in [2.24, 2.45) is 0 Å². The molecule has 2 rings (SSSR count). The summed E-state index contributed by atoms with van der Waals surface area (Å²) in [7, 11) is 2.01. The van der Waals surface area contributed by atoms with Crippen LogP contribution in [0.2, 0.25) is 0 Å². The molecule has 3 nitrogen and oxygen atoms in total. The molecule has 2 atom stereocenters. The lowest BCUT2D eigenvalue weighted by Crippen LogP contribution is -2.56. The van der Waals surface area contributed by atoms with Gasteiger partial charge in [-0.05, 0) is 39.2 Å². The van der Waals surface area contributed by atoms with Crippen molar-refractivity contribution in [1.29, 1.82) is 0 Å². The van der Waals surface area contributed by atoms with Gasteiger partial charge < -0.3 is 4.90 Å². The molecule has 0 saturated carbocycles. The summed E-state index contributed by atoms with van der Waals surface area (Å²) < 4.78 is 0. The summed E-state index contributed by atoms with van der Waals surface area (Å²) in [5, 5.41) is 0. The molecule has 0 aromatic rings. The maximum absolute atomic E-state index is 12.1. The first kappa shape index (κ1) is 12.9. The molecule has 17 heavy (non-hydrogen) atoms. The Labute approximate surface area is 105 Å². The van der Waals surface area contributed by atoms with Gasteiger partial charge in [0.15, 0.2) is 0 Å². The lowest BCUT2D eigenvalue weighted by atomic mass is 9.85. The van der Waals surface area contributed by atoms with E-state index in [-0.39, 0.29) is 5.54 Å². The van der Waals surface area contributed by atoms with Crippen molar-refractivity contribution in [3.63, 3.8) is 0 Å². The monoisotopic (exact) mass is 238 g/mol. The zero-order chi connectivity index (χ0) is 12.5. The molecular formula is C14H26N2O. The smallest absolute Gasteiger partial charge is 0.222 e. The van der Waals surface area contributed by atoms with Gasteiger partial charge >= 0.3 is 0 Å². The summed E-state index contributed by atoms with van der Waals surface area (Å²) in [6.07, 6.45) is 6.63. The number of fused-ring (bicyclic) bond motifs is 1. The summed E-state index contributed by atoms with van der Waals surface area (Å²) in [6.45, 7) is 6.87. The molecule has 0 radical (unpaired) electrons. The van der Waals surface area contributed by atoms with Crippen molar-refractivity contribution in [2.45, 2.75) is 64.0 Å². The molecule has 0 aromatic carbocycles. The standard InChI is InChI=1S/C14H26N2O/c1-4-10-16-11-9-14(2)12(16)7-5-6-8-13(17)15(14)3/h12H,4-11H2,1-3H3/t12-,14-/m1/s1. The van der Waals surface area contributed by atoms with Crippen LogP contribution in [0.4, 0.5) is 0 Å². The Balaban J connectivity index is 2.20. The van der Waals surface area contributed by atoms with Gasteiger partial charge in [0.25, 0.3) is 0 Å². The number of rotatable bonds is 2. The van der Waals surface area contributed by atoms with E-state index < -0.39 is 0 Å². The van der Waals surface area contributed by atoms with Crippen LogP contribution in [0.5, 0.6) is 0 Å². The summed E-state index contributed by atoms with van der Waals surface area (Å²) in [6, 6.07) is 0.580. The molecule has 2 fully saturated rings. The molecule has 0 spiro atoms. The fourth-order valence-corrected chi connectivity index (χ4v) is 3.59. The first-order valence-corrected chi connectivity index (χ1v) is 7.10. The number of carbonyl (C=O) groups excluding carboxylic acids is 1. The van der Waals surface area contributed by atoms with Gasteiger partial charge in [0, 0.05) is 26.1 Å². The largest absolute Gasteiger partial charge is 0.339 e. The Morgan fingerprint density at radius 3 is 2.88 bits per heavy atom. The third-order valence-electron chi connectivity index (χ3n) is 4.83. The van der Waals surface area contributed by atoms with Gasteiger partial charge in [0.1, 0.15) is 0 Å². The molecule has 3 heteroatoms. The van der Waals surface area contributed by atoms with E-state index in [1.165, 1.54) is 25.8 Å². The van der Waals surface area contributed by atoms with Gasteiger partial charge in [0.05, 0.1) is 5.54 Å². The first-order valence-electron chi connectivity index (χ1n) is 7.10. The summed E-state index contributed by atoms with van der Waals surface area (Å²) in [5.41, 5.74) is 0.0761. The van der Waals surface area contributed by atoms with Crippen LogP contribution in [-0.2, 0) is 4.79 Å². The number of hydrogen-bond acceptors (Lipinski definition) is 2. The Morgan fingerprint density at radius 2 is 2.18 bits per heavy atom. The van der Waals surface area contributed by atoms with Crippen LogP contribution < -0.4 is 0 Å². The Kier molecular flexibility index (Phi) is 3.76. The van der Waals surface area contributed by atoms with Gasteiger partial charge in [-0.1, -0.05) is 13.3 Å². The minimum atomic E-state index is 0.0761. The predicted octanol–water partition coefficient (Wildman–Crippen LogP) is 2.26. The molecule has 0 N–H and O–H groups in total. The van der Waals surface area contributed by atoms with E-state index in [0.29, 0.717) is 11.9 Å². The second kappa shape index (κ2) is 4.97. The average Bonchev–Trinajstić information content (AvgIpc) is 2.61. The third-order valence-corrected chi connectivity index (χ3v) is 4.83. The van der Waals surface area contributed by atoms with Crippen molar-refractivity contribution < 1.29 is 4.79 Å². The third kappa shape index (κ3) is 2.22. The van der Waals surface area contributed by atoms with E-state index in [1.54, 1.807) is 0 Å². The second-order valence-corrected chi connectivity index (χ2v) is 5.86. The van der Waals surface area contributed by atoms with Crippen LogP contribution >= 0.6 is 0 Å². The average molecular weight is 238 g/mol. The van der Waals surface area contributed by atoms with Gasteiger partial charge in [-0.2, -0.15) is 0 Å². The number of carbonyl (C=O) groups is 1.